The first-order chi connectivity index (χ1) is 16.5. The summed E-state index contributed by atoms with van der Waals surface area (Å²) in [5.74, 6) is -2.12. The average Bonchev–Trinajstić information content (AvgIpc) is 2.85. The van der Waals surface area contributed by atoms with E-state index in [0.29, 0.717) is 46.0 Å². The number of ether oxygens (including phenoxy) is 2. The third-order valence-corrected chi connectivity index (χ3v) is 6.27. The number of carbonyl (C=O) groups is 1. The van der Waals surface area contributed by atoms with Crippen LogP contribution in [-0.2, 0) is 16.0 Å². The predicted octanol–water partition coefficient (Wildman–Crippen LogP) is 2.78. The van der Waals surface area contributed by atoms with E-state index in [0.717, 1.165) is 13.1 Å². The van der Waals surface area contributed by atoms with Gasteiger partial charge in [-0.15, -0.1) is 0 Å². The molecule has 4 rings (SSSR count). The SMILES string of the molecule is O=C(c1ccccc1F)N(CCN1CCOCC1)CC1CN(Cc2c(F)cccc2F)CCO1. The fourth-order valence-corrected chi connectivity index (χ4v) is 4.35. The molecule has 0 radical (unpaired) electrons. The molecule has 2 aromatic rings. The number of benzene rings is 2. The van der Waals surface area contributed by atoms with Crippen molar-refractivity contribution in [2.75, 3.05) is 65.6 Å². The minimum atomic E-state index is -0.579. The lowest BCUT2D eigenvalue weighted by molar-refractivity contribution is -0.0448. The molecule has 0 aromatic heterocycles. The molecule has 0 spiro atoms. The number of amides is 1. The molecule has 2 fully saturated rings. The number of carbonyl (C=O) groups excluding carboxylic acids is 1. The summed E-state index contributed by atoms with van der Waals surface area (Å²) in [5, 5.41) is 0. The number of hydrogen-bond donors (Lipinski definition) is 0. The minimum absolute atomic E-state index is 0.0190. The second kappa shape index (κ2) is 11.8. The third-order valence-electron chi connectivity index (χ3n) is 6.27. The highest BCUT2D eigenvalue weighted by Crippen LogP contribution is 2.18. The standard InChI is InChI=1S/C25H30F3N3O3/c26-22-5-2-1-4-20(22)25(32)31(9-8-29-10-13-33-14-11-29)17-19-16-30(12-15-34-19)18-21-23(27)6-3-7-24(21)28/h1-7,19H,8-18H2. The van der Waals surface area contributed by atoms with Gasteiger partial charge in [0.15, 0.2) is 0 Å². The van der Waals surface area contributed by atoms with Gasteiger partial charge in [-0.3, -0.25) is 14.6 Å². The Morgan fingerprint density at radius 3 is 2.32 bits per heavy atom. The summed E-state index contributed by atoms with van der Waals surface area (Å²) in [6, 6.07) is 9.78. The van der Waals surface area contributed by atoms with Crippen molar-refractivity contribution in [2.45, 2.75) is 12.6 Å². The number of morpholine rings is 2. The zero-order valence-corrected chi connectivity index (χ0v) is 19.1. The lowest BCUT2D eigenvalue weighted by Crippen LogP contribution is -2.50. The quantitative estimate of drug-likeness (QED) is 0.585. The van der Waals surface area contributed by atoms with Gasteiger partial charge >= 0.3 is 0 Å². The molecule has 1 amide bonds. The number of halogens is 3. The Bertz CT molecular complexity index is 951. The van der Waals surface area contributed by atoms with Crippen molar-refractivity contribution in [2.24, 2.45) is 0 Å². The third kappa shape index (κ3) is 6.35. The van der Waals surface area contributed by atoms with Crippen LogP contribution in [0, 0.1) is 17.5 Å². The first kappa shape index (κ1) is 24.7. The van der Waals surface area contributed by atoms with Crippen LogP contribution in [0.4, 0.5) is 13.2 Å². The molecule has 0 aliphatic carbocycles. The average molecular weight is 478 g/mol. The van der Waals surface area contributed by atoms with E-state index in [1.165, 1.54) is 30.3 Å². The lowest BCUT2D eigenvalue weighted by atomic mass is 10.1. The van der Waals surface area contributed by atoms with Crippen molar-refractivity contribution in [3.05, 3.63) is 71.0 Å². The highest BCUT2D eigenvalue weighted by molar-refractivity contribution is 5.94. The van der Waals surface area contributed by atoms with Crippen LogP contribution in [0.1, 0.15) is 15.9 Å². The molecular formula is C25H30F3N3O3. The highest BCUT2D eigenvalue weighted by atomic mass is 19.1. The van der Waals surface area contributed by atoms with Gasteiger partial charge in [0.2, 0.25) is 0 Å². The van der Waals surface area contributed by atoms with Gasteiger partial charge < -0.3 is 14.4 Å². The Morgan fingerprint density at radius 1 is 0.912 bits per heavy atom. The van der Waals surface area contributed by atoms with E-state index in [-0.39, 0.29) is 30.3 Å². The van der Waals surface area contributed by atoms with E-state index in [1.807, 2.05) is 4.90 Å². The van der Waals surface area contributed by atoms with Gasteiger partial charge in [0.1, 0.15) is 17.5 Å². The topological polar surface area (TPSA) is 45.2 Å². The maximum absolute atomic E-state index is 14.4. The molecule has 34 heavy (non-hydrogen) atoms. The van der Waals surface area contributed by atoms with Gasteiger partial charge in [0, 0.05) is 57.9 Å². The molecule has 9 heteroatoms. The summed E-state index contributed by atoms with van der Waals surface area (Å²) in [6.45, 7) is 5.60. The molecule has 0 bridgehead atoms. The van der Waals surface area contributed by atoms with Crippen molar-refractivity contribution in [3.63, 3.8) is 0 Å². The number of hydrogen-bond acceptors (Lipinski definition) is 5. The van der Waals surface area contributed by atoms with Crippen molar-refractivity contribution in [1.29, 1.82) is 0 Å². The Kier molecular flexibility index (Phi) is 8.55. The van der Waals surface area contributed by atoms with Crippen LogP contribution in [-0.4, -0.2) is 92.3 Å². The Labute approximate surface area is 197 Å². The molecule has 1 atom stereocenters. The first-order valence-corrected chi connectivity index (χ1v) is 11.6. The van der Waals surface area contributed by atoms with Crippen LogP contribution >= 0.6 is 0 Å². The smallest absolute Gasteiger partial charge is 0.256 e. The van der Waals surface area contributed by atoms with Crippen LogP contribution in [0.3, 0.4) is 0 Å². The maximum Gasteiger partial charge on any atom is 0.256 e. The van der Waals surface area contributed by atoms with E-state index in [1.54, 1.807) is 17.0 Å². The molecule has 1 unspecified atom stereocenters. The summed E-state index contributed by atoms with van der Waals surface area (Å²) >= 11 is 0. The normalized spacial score (nSPS) is 19.8. The molecule has 2 heterocycles. The summed E-state index contributed by atoms with van der Waals surface area (Å²) in [4.78, 5) is 19.0. The molecule has 2 aliphatic heterocycles. The van der Waals surface area contributed by atoms with Crippen LogP contribution in [0.25, 0.3) is 0 Å². The second-order valence-corrected chi connectivity index (χ2v) is 8.61. The monoisotopic (exact) mass is 477 g/mol. The van der Waals surface area contributed by atoms with Crippen LogP contribution < -0.4 is 0 Å². The summed E-state index contributed by atoms with van der Waals surface area (Å²) in [6.07, 6.45) is -0.357. The Balaban J connectivity index is 1.43. The van der Waals surface area contributed by atoms with Gasteiger partial charge in [0.25, 0.3) is 5.91 Å². The molecule has 184 valence electrons. The van der Waals surface area contributed by atoms with Gasteiger partial charge in [-0.25, -0.2) is 13.2 Å². The number of nitrogens with zero attached hydrogens (tertiary/aromatic N) is 3. The van der Waals surface area contributed by atoms with Crippen molar-refractivity contribution < 1.29 is 27.4 Å². The molecule has 2 aromatic carbocycles. The molecular weight excluding hydrogens is 447 g/mol. The Hall–Kier alpha value is -2.46. The van der Waals surface area contributed by atoms with Crippen LogP contribution in [0.5, 0.6) is 0 Å². The molecule has 0 saturated carbocycles. The molecule has 0 N–H and O–H groups in total. The maximum atomic E-state index is 14.4. The van der Waals surface area contributed by atoms with E-state index in [4.69, 9.17) is 9.47 Å². The van der Waals surface area contributed by atoms with E-state index in [2.05, 4.69) is 4.90 Å². The highest BCUT2D eigenvalue weighted by Gasteiger charge is 2.28. The largest absolute Gasteiger partial charge is 0.379 e. The van der Waals surface area contributed by atoms with E-state index >= 15 is 0 Å². The summed E-state index contributed by atoms with van der Waals surface area (Å²) in [7, 11) is 0. The van der Waals surface area contributed by atoms with Crippen molar-refractivity contribution in [1.82, 2.24) is 14.7 Å². The van der Waals surface area contributed by atoms with Gasteiger partial charge in [-0.1, -0.05) is 18.2 Å². The second-order valence-electron chi connectivity index (χ2n) is 8.61. The fourth-order valence-electron chi connectivity index (χ4n) is 4.35. The first-order valence-electron chi connectivity index (χ1n) is 11.6. The molecule has 2 aliphatic rings. The molecule has 6 nitrogen and oxygen atoms in total. The Morgan fingerprint density at radius 2 is 1.59 bits per heavy atom. The van der Waals surface area contributed by atoms with Crippen molar-refractivity contribution in [3.8, 4) is 0 Å². The zero-order chi connectivity index (χ0) is 23.9. The van der Waals surface area contributed by atoms with Gasteiger partial charge in [-0.2, -0.15) is 0 Å². The predicted molar refractivity (Wildman–Crippen MR) is 121 cm³/mol. The van der Waals surface area contributed by atoms with E-state index < -0.39 is 23.4 Å². The van der Waals surface area contributed by atoms with Gasteiger partial charge in [-0.05, 0) is 24.3 Å². The van der Waals surface area contributed by atoms with Crippen LogP contribution in [0.15, 0.2) is 42.5 Å². The summed E-state index contributed by atoms with van der Waals surface area (Å²) < 4.78 is 53.9. The number of rotatable bonds is 8. The lowest BCUT2D eigenvalue weighted by Gasteiger charge is -2.37. The van der Waals surface area contributed by atoms with Gasteiger partial charge in [0.05, 0.1) is 31.5 Å². The summed E-state index contributed by atoms with van der Waals surface area (Å²) in [5.41, 5.74) is 0.0420. The zero-order valence-electron chi connectivity index (χ0n) is 19.1. The van der Waals surface area contributed by atoms with E-state index in [9.17, 15) is 18.0 Å². The van der Waals surface area contributed by atoms with Crippen molar-refractivity contribution >= 4 is 5.91 Å². The fraction of sp³-hybridized carbons (Fsp3) is 0.480. The molecule has 2 saturated heterocycles. The minimum Gasteiger partial charge on any atom is -0.379 e. The van der Waals surface area contributed by atoms with Crippen LogP contribution in [0.2, 0.25) is 0 Å².